The second-order valence-corrected chi connectivity index (χ2v) is 7.07. The van der Waals surface area contributed by atoms with Crippen molar-refractivity contribution in [2.24, 2.45) is 0 Å². The lowest BCUT2D eigenvalue weighted by Crippen LogP contribution is -2.46. The van der Waals surface area contributed by atoms with Gasteiger partial charge in [0.05, 0.1) is 12.1 Å². The lowest BCUT2D eigenvalue weighted by atomic mass is 9.93. The molecule has 0 spiro atoms. The summed E-state index contributed by atoms with van der Waals surface area (Å²) in [6, 6.07) is 3.64. The fourth-order valence-corrected chi connectivity index (χ4v) is 3.10. The summed E-state index contributed by atoms with van der Waals surface area (Å²) in [4.78, 5) is 12.3. The highest BCUT2D eigenvalue weighted by Gasteiger charge is 2.48. The molecule has 1 aliphatic heterocycles. The number of likely N-dealkylation sites (tertiary alicyclic amines) is 1. The Morgan fingerprint density at radius 2 is 1.84 bits per heavy atom. The van der Waals surface area contributed by atoms with Gasteiger partial charge in [-0.15, -0.1) is 0 Å². The lowest BCUT2D eigenvalue weighted by Gasteiger charge is -2.36. The summed E-state index contributed by atoms with van der Waals surface area (Å²) in [7, 11) is -5.77. The molecule has 0 aliphatic carbocycles. The molecule has 0 radical (unpaired) electrons. The van der Waals surface area contributed by atoms with Gasteiger partial charge in [0.2, 0.25) is 0 Å². The standard InChI is InChI=1S/C14H16F3NO6S/c15-14(16,17)25(22,23)24-10-6-4-9(5-7-10)12(19)11-3-1-2-8-18(11)13(20)21/h4-7,11-12,19H,1-3,8H2,(H,20,21)/t11-,12?/m0/s1. The van der Waals surface area contributed by atoms with Crippen LogP contribution in [0.15, 0.2) is 24.3 Å². The Balaban J connectivity index is 2.15. The molecule has 1 fully saturated rings. The molecule has 1 aromatic carbocycles. The first-order valence-corrected chi connectivity index (χ1v) is 8.72. The third kappa shape index (κ3) is 4.34. The first-order valence-electron chi connectivity index (χ1n) is 7.31. The zero-order valence-corrected chi connectivity index (χ0v) is 13.6. The fourth-order valence-electron chi connectivity index (χ4n) is 2.64. The van der Waals surface area contributed by atoms with E-state index in [-0.39, 0.29) is 12.1 Å². The summed E-state index contributed by atoms with van der Waals surface area (Å²) in [6.07, 6.45) is -0.507. The minimum absolute atomic E-state index is 0.245. The van der Waals surface area contributed by atoms with Crippen LogP contribution in [0.25, 0.3) is 0 Å². The number of amides is 1. The molecule has 1 aliphatic rings. The average Bonchev–Trinajstić information content (AvgIpc) is 2.53. The maximum Gasteiger partial charge on any atom is 0.534 e. The Labute approximate surface area is 141 Å². The molecule has 1 aromatic rings. The van der Waals surface area contributed by atoms with Crippen molar-refractivity contribution in [3.63, 3.8) is 0 Å². The molecule has 1 unspecified atom stereocenters. The third-order valence-corrected chi connectivity index (χ3v) is 4.85. The van der Waals surface area contributed by atoms with E-state index in [1.54, 1.807) is 0 Å². The Morgan fingerprint density at radius 1 is 1.24 bits per heavy atom. The molecule has 1 amide bonds. The number of alkyl halides is 3. The van der Waals surface area contributed by atoms with E-state index in [2.05, 4.69) is 4.18 Å². The van der Waals surface area contributed by atoms with Gasteiger partial charge >= 0.3 is 21.7 Å². The highest BCUT2D eigenvalue weighted by molar-refractivity contribution is 7.88. The molecule has 11 heteroatoms. The maximum absolute atomic E-state index is 12.3. The molecule has 0 saturated carbocycles. The zero-order chi connectivity index (χ0) is 18.8. The van der Waals surface area contributed by atoms with E-state index in [1.807, 2.05) is 0 Å². The molecule has 1 heterocycles. The molecule has 0 bridgehead atoms. The van der Waals surface area contributed by atoms with Crippen molar-refractivity contribution < 1.29 is 40.8 Å². The first kappa shape index (κ1) is 19.3. The second kappa shape index (κ2) is 7.08. The summed E-state index contributed by atoms with van der Waals surface area (Å²) in [6.45, 7) is 0.280. The van der Waals surface area contributed by atoms with Gasteiger partial charge in [-0.3, -0.25) is 0 Å². The van der Waals surface area contributed by atoms with Gasteiger partial charge in [0.1, 0.15) is 5.75 Å². The molecule has 2 atom stereocenters. The van der Waals surface area contributed by atoms with Crippen LogP contribution < -0.4 is 4.18 Å². The number of hydrogen-bond acceptors (Lipinski definition) is 5. The topological polar surface area (TPSA) is 104 Å². The van der Waals surface area contributed by atoms with E-state index in [0.717, 1.165) is 23.5 Å². The van der Waals surface area contributed by atoms with Crippen molar-refractivity contribution >= 4 is 16.2 Å². The SMILES string of the molecule is O=C(O)N1CCCC[C@H]1C(O)c1ccc(OS(=O)(=O)C(F)(F)F)cc1. The maximum atomic E-state index is 12.3. The van der Waals surface area contributed by atoms with Crippen molar-refractivity contribution in [2.45, 2.75) is 36.9 Å². The number of hydrogen-bond donors (Lipinski definition) is 2. The van der Waals surface area contributed by atoms with Gasteiger partial charge in [-0.2, -0.15) is 21.6 Å². The Bertz CT molecular complexity index is 719. The van der Waals surface area contributed by atoms with E-state index in [1.165, 1.54) is 12.1 Å². The summed E-state index contributed by atoms with van der Waals surface area (Å²) >= 11 is 0. The van der Waals surface area contributed by atoms with E-state index in [4.69, 9.17) is 0 Å². The minimum atomic E-state index is -5.77. The van der Waals surface area contributed by atoms with Crippen LogP contribution in [0.5, 0.6) is 5.75 Å². The van der Waals surface area contributed by atoms with Crippen molar-refractivity contribution in [1.29, 1.82) is 0 Å². The average molecular weight is 383 g/mol. The van der Waals surface area contributed by atoms with Gasteiger partial charge in [-0.25, -0.2) is 4.79 Å². The quantitative estimate of drug-likeness (QED) is 0.612. The number of carboxylic acid groups (broad SMARTS) is 1. The molecule has 7 nitrogen and oxygen atoms in total. The van der Waals surface area contributed by atoms with Crippen molar-refractivity contribution in [2.75, 3.05) is 6.54 Å². The Kier molecular flexibility index (Phi) is 5.47. The van der Waals surface area contributed by atoms with Crippen LogP contribution in [0.2, 0.25) is 0 Å². The Morgan fingerprint density at radius 3 is 2.36 bits per heavy atom. The van der Waals surface area contributed by atoms with E-state index in [0.29, 0.717) is 12.8 Å². The summed E-state index contributed by atoms with van der Waals surface area (Å²) in [5.74, 6) is -0.563. The summed E-state index contributed by atoms with van der Waals surface area (Å²) in [5.41, 5.74) is -5.30. The zero-order valence-electron chi connectivity index (χ0n) is 12.8. The predicted octanol–water partition coefficient (Wildman–Crippen LogP) is 2.48. The van der Waals surface area contributed by atoms with Crippen LogP contribution in [0.3, 0.4) is 0 Å². The molecule has 1 saturated heterocycles. The normalized spacial score (nSPS) is 20.2. The van der Waals surface area contributed by atoms with Crippen LogP contribution in [0.4, 0.5) is 18.0 Å². The van der Waals surface area contributed by atoms with Gasteiger partial charge in [0.15, 0.2) is 0 Å². The number of halogens is 3. The molecular formula is C14H16F3NO6S. The molecule has 0 aromatic heterocycles. The van der Waals surface area contributed by atoms with E-state index >= 15 is 0 Å². The summed E-state index contributed by atoms with van der Waals surface area (Å²) in [5, 5.41) is 19.5. The Hall–Kier alpha value is -2.01. The molecule has 2 rings (SSSR count). The number of nitrogens with zero attached hydrogens (tertiary/aromatic N) is 1. The first-order chi connectivity index (χ1) is 11.5. The number of aliphatic hydroxyl groups is 1. The van der Waals surface area contributed by atoms with Gasteiger partial charge < -0.3 is 19.3 Å². The van der Waals surface area contributed by atoms with Crippen LogP contribution >= 0.6 is 0 Å². The monoisotopic (exact) mass is 383 g/mol. The van der Waals surface area contributed by atoms with Crippen molar-refractivity contribution in [1.82, 2.24) is 4.90 Å². The number of aliphatic hydroxyl groups excluding tert-OH is 1. The molecular weight excluding hydrogens is 367 g/mol. The lowest BCUT2D eigenvalue weighted by molar-refractivity contribution is -0.0500. The van der Waals surface area contributed by atoms with Gasteiger partial charge in [0.25, 0.3) is 0 Å². The van der Waals surface area contributed by atoms with Crippen LogP contribution in [-0.4, -0.2) is 47.7 Å². The van der Waals surface area contributed by atoms with E-state index in [9.17, 15) is 36.6 Å². The van der Waals surface area contributed by atoms with Crippen LogP contribution in [0, 0.1) is 0 Å². The van der Waals surface area contributed by atoms with E-state index < -0.39 is 39.6 Å². The van der Waals surface area contributed by atoms with Gasteiger partial charge in [0, 0.05) is 6.54 Å². The second-order valence-electron chi connectivity index (χ2n) is 5.54. The minimum Gasteiger partial charge on any atom is -0.465 e. The number of piperidine rings is 1. The van der Waals surface area contributed by atoms with Crippen LogP contribution in [0.1, 0.15) is 30.9 Å². The predicted molar refractivity (Wildman–Crippen MR) is 79.4 cm³/mol. The molecule has 25 heavy (non-hydrogen) atoms. The molecule has 2 N–H and O–H groups in total. The van der Waals surface area contributed by atoms with Crippen molar-refractivity contribution in [3.8, 4) is 5.75 Å². The highest BCUT2D eigenvalue weighted by atomic mass is 32.2. The smallest absolute Gasteiger partial charge is 0.465 e. The number of rotatable bonds is 4. The fraction of sp³-hybridized carbons (Fsp3) is 0.500. The van der Waals surface area contributed by atoms with Crippen molar-refractivity contribution in [3.05, 3.63) is 29.8 Å². The number of benzene rings is 1. The van der Waals surface area contributed by atoms with Gasteiger partial charge in [-0.05, 0) is 37.0 Å². The highest BCUT2D eigenvalue weighted by Crippen LogP contribution is 2.31. The third-order valence-electron chi connectivity index (χ3n) is 3.87. The van der Waals surface area contributed by atoms with Gasteiger partial charge in [-0.1, -0.05) is 12.1 Å². The summed E-state index contributed by atoms with van der Waals surface area (Å²) < 4.78 is 62.7. The largest absolute Gasteiger partial charge is 0.534 e. The number of carbonyl (C=O) groups is 1. The molecule has 140 valence electrons. The van der Waals surface area contributed by atoms with Crippen LogP contribution in [-0.2, 0) is 10.1 Å².